The molecule has 1 amide bonds. The molecule has 2 aromatic rings. The number of amides is 1. The summed E-state index contributed by atoms with van der Waals surface area (Å²) >= 11 is 0. The van der Waals surface area contributed by atoms with Crippen molar-refractivity contribution in [2.24, 2.45) is 0 Å². The smallest absolute Gasteiger partial charge is 0.430 e. The molecule has 1 aromatic carbocycles. The van der Waals surface area contributed by atoms with Crippen molar-refractivity contribution in [1.82, 2.24) is 19.7 Å². The fourth-order valence-electron chi connectivity index (χ4n) is 3.27. The molecule has 0 bridgehead atoms. The Morgan fingerprint density at radius 2 is 2.14 bits per heavy atom. The van der Waals surface area contributed by atoms with Crippen LogP contribution in [0, 0.1) is 0 Å². The Morgan fingerprint density at radius 3 is 2.82 bits per heavy atom. The van der Waals surface area contributed by atoms with Gasteiger partial charge in [-0.25, -0.2) is 9.67 Å². The molecular formula is C16H17BN4O7-2. The second-order valence-electron chi connectivity index (χ2n) is 6.86. The molecule has 0 spiro atoms. The maximum Gasteiger partial charge on any atom is 0.430 e. The van der Waals surface area contributed by atoms with Gasteiger partial charge in [-0.1, -0.05) is 12.4 Å². The number of aryl methyl sites for hydroxylation is 1. The summed E-state index contributed by atoms with van der Waals surface area (Å²) in [5.41, 5.74) is 0.171. The van der Waals surface area contributed by atoms with E-state index in [4.69, 9.17) is 9.39 Å². The summed E-state index contributed by atoms with van der Waals surface area (Å²) in [7, 11) is 0. The predicted octanol–water partition coefficient (Wildman–Crippen LogP) is -2.21. The highest BCUT2D eigenvalue weighted by Gasteiger charge is 2.35. The number of ether oxygens (including phenoxy) is 1. The van der Waals surface area contributed by atoms with E-state index in [-0.39, 0.29) is 55.3 Å². The minimum Gasteiger partial charge on any atom is -0.669 e. The molecule has 11 nitrogen and oxygen atoms in total. The number of rotatable bonds is 5. The van der Waals surface area contributed by atoms with Crippen molar-refractivity contribution in [3.63, 3.8) is 0 Å². The standard InChI is InChI=1S/C16H18BN4O7/c22-13(7-21-9-18-8-19-21)20-5-11(6-20)27-12-2-1-10-3-4-17(25,26)28-15(10)14(12)16(23)24/h1-2,8-9,11,25-26H,3-7H2,(H,23,24)/q-1/p-1. The van der Waals surface area contributed by atoms with E-state index in [9.17, 15) is 24.7 Å². The van der Waals surface area contributed by atoms with Crippen molar-refractivity contribution in [3.8, 4) is 11.5 Å². The fraction of sp³-hybridized carbons (Fsp3) is 0.375. The molecule has 0 aliphatic carbocycles. The summed E-state index contributed by atoms with van der Waals surface area (Å²) in [6, 6.07) is 3.11. The van der Waals surface area contributed by atoms with E-state index in [1.54, 1.807) is 11.0 Å². The molecule has 1 aromatic heterocycles. The van der Waals surface area contributed by atoms with Crippen LogP contribution in [-0.2, 0) is 17.8 Å². The van der Waals surface area contributed by atoms with E-state index in [1.165, 1.54) is 23.4 Å². The summed E-state index contributed by atoms with van der Waals surface area (Å²) in [4.78, 5) is 29.1. The number of carbonyl (C=O) groups is 2. The number of fused-ring (bicyclic) bond motifs is 1. The molecule has 3 heterocycles. The Kier molecular flexibility index (Phi) is 4.44. The second kappa shape index (κ2) is 6.80. The molecule has 0 radical (unpaired) electrons. The highest BCUT2D eigenvalue weighted by atomic mass is 16.6. The lowest BCUT2D eigenvalue weighted by atomic mass is 9.70. The molecule has 4 rings (SSSR count). The number of nitrogens with zero attached hydrogens (tertiary/aromatic N) is 4. The van der Waals surface area contributed by atoms with Crippen LogP contribution in [-0.4, -0.2) is 67.5 Å². The normalized spacial score (nSPS) is 18.0. The van der Waals surface area contributed by atoms with Crippen LogP contribution in [0.3, 0.4) is 0 Å². The highest BCUT2D eigenvalue weighted by molar-refractivity contribution is 6.59. The summed E-state index contributed by atoms with van der Waals surface area (Å²) in [6.45, 7) is -2.50. The van der Waals surface area contributed by atoms with Gasteiger partial charge in [0, 0.05) is 0 Å². The van der Waals surface area contributed by atoms with Crippen LogP contribution >= 0.6 is 0 Å². The van der Waals surface area contributed by atoms with E-state index in [1.807, 2.05) is 0 Å². The van der Waals surface area contributed by atoms with Gasteiger partial charge in [0.2, 0.25) is 5.91 Å². The number of aromatic nitrogens is 3. The number of likely N-dealkylation sites (tertiary alicyclic amines) is 1. The Balaban J connectivity index is 1.45. The molecule has 28 heavy (non-hydrogen) atoms. The monoisotopic (exact) mass is 388 g/mol. The zero-order chi connectivity index (χ0) is 19.9. The van der Waals surface area contributed by atoms with Gasteiger partial charge in [-0.3, -0.25) is 4.79 Å². The summed E-state index contributed by atoms with van der Waals surface area (Å²) in [5, 5.41) is 35.0. The Bertz CT molecular complexity index is 912. The van der Waals surface area contributed by atoms with Crippen molar-refractivity contribution in [1.29, 1.82) is 0 Å². The van der Waals surface area contributed by atoms with Gasteiger partial charge in [0.15, 0.2) is 0 Å². The molecule has 12 heteroatoms. The van der Waals surface area contributed by atoms with Gasteiger partial charge in [-0.15, -0.1) is 0 Å². The summed E-state index contributed by atoms with van der Waals surface area (Å²) < 4.78 is 12.2. The Morgan fingerprint density at radius 1 is 1.36 bits per heavy atom. The first-order valence-corrected chi connectivity index (χ1v) is 8.76. The van der Waals surface area contributed by atoms with Crippen LogP contribution in [0.4, 0.5) is 0 Å². The SMILES string of the molecule is O=C([O-])c1c(OC2CN(C(=O)Cn3cncn3)C2)ccc2c1O[B-](O)(O)CC2. The number of carboxylic acid groups (broad SMARTS) is 1. The van der Waals surface area contributed by atoms with Gasteiger partial charge < -0.3 is 34.2 Å². The maximum atomic E-state index is 12.1. The van der Waals surface area contributed by atoms with Crippen LogP contribution in [0.1, 0.15) is 15.9 Å². The topological polar surface area (TPSA) is 150 Å². The van der Waals surface area contributed by atoms with Crippen molar-refractivity contribution in [2.45, 2.75) is 25.4 Å². The van der Waals surface area contributed by atoms with Crippen LogP contribution in [0.15, 0.2) is 24.8 Å². The van der Waals surface area contributed by atoms with Crippen LogP contribution in [0.25, 0.3) is 0 Å². The van der Waals surface area contributed by atoms with E-state index < -0.39 is 18.8 Å². The van der Waals surface area contributed by atoms with Gasteiger partial charge in [0.1, 0.15) is 31.1 Å². The first-order valence-electron chi connectivity index (χ1n) is 8.76. The van der Waals surface area contributed by atoms with Gasteiger partial charge in [-0.2, -0.15) is 5.10 Å². The second-order valence-corrected chi connectivity index (χ2v) is 6.86. The molecule has 2 N–H and O–H groups in total. The minimum absolute atomic E-state index is 0.000579. The summed E-state index contributed by atoms with van der Waals surface area (Å²) in [5.74, 6) is -1.85. The van der Waals surface area contributed by atoms with Gasteiger partial charge in [0.05, 0.1) is 30.4 Å². The molecule has 0 unspecified atom stereocenters. The molecular weight excluding hydrogens is 371 g/mol. The zero-order valence-corrected chi connectivity index (χ0v) is 14.7. The average molecular weight is 388 g/mol. The average Bonchev–Trinajstić information content (AvgIpc) is 3.08. The number of aromatic carboxylic acids is 1. The lowest BCUT2D eigenvalue weighted by Gasteiger charge is -2.41. The van der Waals surface area contributed by atoms with Crippen LogP contribution in [0.5, 0.6) is 11.5 Å². The predicted molar refractivity (Wildman–Crippen MR) is 91.1 cm³/mol. The van der Waals surface area contributed by atoms with Gasteiger partial charge in [-0.05, 0) is 18.1 Å². The molecule has 148 valence electrons. The molecule has 0 atom stereocenters. The molecule has 0 saturated carbocycles. The third kappa shape index (κ3) is 3.51. The van der Waals surface area contributed by atoms with E-state index in [0.29, 0.717) is 5.56 Å². The third-order valence-electron chi connectivity index (χ3n) is 4.76. The van der Waals surface area contributed by atoms with Crippen molar-refractivity contribution < 1.29 is 34.1 Å². The quantitative estimate of drug-likeness (QED) is 0.544. The Labute approximate surface area is 159 Å². The summed E-state index contributed by atoms with van der Waals surface area (Å²) in [6.07, 6.45) is 2.61. The largest absolute Gasteiger partial charge is 0.669 e. The number of carbonyl (C=O) groups excluding carboxylic acids is 2. The van der Waals surface area contributed by atoms with Gasteiger partial charge >= 0.3 is 6.75 Å². The fourth-order valence-corrected chi connectivity index (χ4v) is 3.27. The maximum absolute atomic E-state index is 12.1. The van der Waals surface area contributed by atoms with Crippen molar-refractivity contribution >= 4 is 18.6 Å². The first kappa shape index (κ1) is 18.3. The molecule has 2 aliphatic rings. The molecule has 1 saturated heterocycles. The van der Waals surface area contributed by atoms with Crippen molar-refractivity contribution in [3.05, 3.63) is 35.9 Å². The number of carboxylic acids is 1. The lowest BCUT2D eigenvalue weighted by molar-refractivity contribution is -0.255. The third-order valence-corrected chi connectivity index (χ3v) is 4.76. The number of hydrogen-bond donors (Lipinski definition) is 2. The van der Waals surface area contributed by atoms with E-state index in [0.717, 1.165) is 0 Å². The van der Waals surface area contributed by atoms with E-state index in [2.05, 4.69) is 10.1 Å². The highest BCUT2D eigenvalue weighted by Crippen LogP contribution is 2.38. The minimum atomic E-state index is -3.12. The van der Waals surface area contributed by atoms with Crippen LogP contribution in [0.2, 0.25) is 6.32 Å². The number of benzene rings is 1. The number of hydrogen-bond acceptors (Lipinski definition) is 9. The molecule has 2 aliphatic heterocycles. The first-order chi connectivity index (χ1) is 13.3. The van der Waals surface area contributed by atoms with E-state index >= 15 is 0 Å². The Hall–Kier alpha value is -3.12. The van der Waals surface area contributed by atoms with Crippen molar-refractivity contribution in [2.75, 3.05) is 13.1 Å². The van der Waals surface area contributed by atoms with Gasteiger partial charge in [0.25, 0.3) is 0 Å². The van der Waals surface area contributed by atoms with Crippen LogP contribution < -0.4 is 14.5 Å². The zero-order valence-electron chi connectivity index (χ0n) is 14.7. The molecule has 1 fully saturated rings. The lowest BCUT2D eigenvalue weighted by Crippen LogP contribution is -2.57.